The van der Waals surface area contributed by atoms with Gasteiger partial charge in [0, 0.05) is 17.5 Å². The topological polar surface area (TPSA) is 126 Å². The van der Waals surface area contributed by atoms with Crippen molar-refractivity contribution in [3.63, 3.8) is 0 Å². The van der Waals surface area contributed by atoms with Crippen molar-refractivity contribution < 1.29 is 14.1 Å². The van der Waals surface area contributed by atoms with E-state index in [2.05, 4.69) is 30.6 Å². The van der Waals surface area contributed by atoms with Crippen molar-refractivity contribution in [1.82, 2.24) is 25.7 Å². The third-order valence-corrected chi connectivity index (χ3v) is 4.29. The molecular weight excluding hydrogens is 324 g/mol. The molecule has 9 heteroatoms. The minimum absolute atomic E-state index is 0.0708. The number of nitrogens with zero attached hydrogens (tertiary/aromatic N) is 4. The van der Waals surface area contributed by atoms with E-state index in [-0.39, 0.29) is 30.1 Å². The highest BCUT2D eigenvalue weighted by atomic mass is 16.5. The predicted molar refractivity (Wildman–Crippen MR) is 86.1 cm³/mol. The number of amides is 2. The van der Waals surface area contributed by atoms with Gasteiger partial charge in [-0.25, -0.2) is 4.99 Å². The minimum Gasteiger partial charge on any atom is -0.342 e. The van der Waals surface area contributed by atoms with Crippen LogP contribution in [0.3, 0.4) is 0 Å². The van der Waals surface area contributed by atoms with Gasteiger partial charge < -0.3 is 9.84 Å². The molecule has 4 rings (SSSR count). The van der Waals surface area contributed by atoms with Crippen LogP contribution in [0.25, 0.3) is 0 Å². The van der Waals surface area contributed by atoms with Gasteiger partial charge in [-0.3, -0.25) is 14.7 Å². The van der Waals surface area contributed by atoms with E-state index in [4.69, 9.17) is 4.52 Å². The van der Waals surface area contributed by atoms with Crippen molar-refractivity contribution >= 4 is 18.0 Å². The molecule has 25 heavy (non-hydrogen) atoms. The normalized spacial score (nSPS) is 19.0. The van der Waals surface area contributed by atoms with Crippen LogP contribution in [0.1, 0.15) is 52.2 Å². The average Bonchev–Trinajstić information content (AvgIpc) is 3.27. The molecule has 0 saturated heterocycles. The van der Waals surface area contributed by atoms with Gasteiger partial charge in [0.15, 0.2) is 11.5 Å². The highest BCUT2D eigenvalue weighted by molar-refractivity contribution is 5.97. The zero-order valence-corrected chi connectivity index (χ0v) is 13.4. The number of nitrogens with one attached hydrogen (secondary N) is 2. The molecule has 2 aliphatic rings. The van der Waals surface area contributed by atoms with Gasteiger partial charge in [-0.15, -0.1) is 0 Å². The number of aryl methyl sites for hydroxylation is 1. The fourth-order valence-corrected chi connectivity index (χ4v) is 3.01. The van der Waals surface area contributed by atoms with Crippen LogP contribution < -0.4 is 5.32 Å². The number of rotatable bonds is 4. The Bertz CT molecular complexity index is 878. The Kier molecular flexibility index (Phi) is 3.96. The fraction of sp³-hybridized carbons (Fsp3) is 0.375. The summed E-state index contributed by atoms with van der Waals surface area (Å²) in [5.41, 5.74) is 2.46. The molecule has 9 nitrogen and oxygen atoms in total. The predicted octanol–water partition coefficient (Wildman–Crippen LogP) is 0.852. The SMILES string of the molecule is O=C(NCc1nc(C2C=CC=NC2=O)no1)c1n[nH]c2c1CCCC2. The molecule has 1 aliphatic heterocycles. The zero-order chi connectivity index (χ0) is 17.2. The number of fused-ring (bicyclic) bond motifs is 1. The average molecular weight is 340 g/mol. The van der Waals surface area contributed by atoms with Crippen LogP contribution in [0.15, 0.2) is 21.7 Å². The van der Waals surface area contributed by atoms with Crippen LogP contribution in [0, 0.1) is 0 Å². The molecule has 1 unspecified atom stereocenters. The summed E-state index contributed by atoms with van der Waals surface area (Å²) in [6.07, 6.45) is 8.68. The summed E-state index contributed by atoms with van der Waals surface area (Å²) >= 11 is 0. The number of aromatic nitrogens is 4. The molecule has 0 spiro atoms. The van der Waals surface area contributed by atoms with Gasteiger partial charge in [-0.2, -0.15) is 10.1 Å². The summed E-state index contributed by atoms with van der Waals surface area (Å²) in [6.45, 7) is 0.0708. The summed E-state index contributed by atoms with van der Waals surface area (Å²) < 4.78 is 5.10. The van der Waals surface area contributed by atoms with Crippen molar-refractivity contribution in [2.45, 2.75) is 38.1 Å². The molecule has 3 heterocycles. The number of aliphatic imine (C=N–C) groups is 1. The van der Waals surface area contributed by atoms with Crippen molar-refractivity contribution in [3.8, 4) is 0 Å². The third-order valence-electron chi connectivity index (χ3n) is 4.29. The van der Waals surface area contributed by atoms with Gasteiger partial charge in [0.1, 0.15) is 5.92 Å². The Labute approximate surface area is 142 Å². The van der Waals surface area contributed by atoms with Gasteiger partial charge in [-0.05, 0) is 31.8 Å². The van der Waals surface area contributed by atoms with Crippen LogP contribution in [-0.2, 0) is 24.2 Å². The zero-order valence-electron chi connectivity index (χ0n) is 13.4. The summed E-state index contributed by atoms with van der Waals surface area (Å²) in [4.78, 5) is 31.9. The first kappa shape index (κ1) is 15.4. The van der Waals surface area contributed by atoms with E-state index in [0.29, 0.717) is 5.69 Å². The molecule has 2 aromatic rings. The number of carbonyl (C=O) groups excluding carboxylic acids is 2. The van der Waals surface area contributed by atoms with Crippen LogP contribution in [-0.4, -0.2) is 38.4 Å². The van der Waals surface area contributed by atoms with Gasteiger partial charge in [0.2, 0.25) is 5.89 Å². The third kappa shape index (κ3) is 3.00. The molecule has 0 bridgehead atoms. The molecule has 0 saturated carbocycles. The standard InChI is InChI=1S/C16H16N6O3/c23-15-10(5-3-7-17-15)14-19-12(25-22-14)8-18-16(24)13-9-4-1-2-6-11(9)20-21-13/h3,5,7,10H,1-2,4,6,8H2,(H,18,24)(H,20,21). The summed E-state index contributed by atoms with van der Waals surface area (Å²) in [5.74, 6) is -0.806. The van der Waals surface area contributed by atoms with Gasteiger partial charge in [-0.1, -0.05) is 11.2 Å². The second-order valence-electron chi connectivity index (χ2n) is 5.94. The summed E-state index contributed by atoms with van der Waals surface area (Å²) in [6, 6.07) is 0. The Balaban J connectivity index is 1.41. The molecule has 128 valence electrons. The molecule has 2 amide bonds. The number of hydrogen-bond acceptors (Lipinski definition) is 6. The van der Waals surface area contributed by atoms with Crippen molar-refractivity contribution in [3.05, 3.63) is 40.8 Å². The van der Waals surface area contributed by atoms with Crippen LogP contribution in [0.2, 0.25) is 0 Å². The van der Waals surface area contributed by atoms with Gasteiger partial charge >= 0.3 is 0 Å². The lowest BCUT2D eigenvalue weighted by molar-refractivity contribution is -0.118. The highest BCUT2D eigenvalue weighted by Gasteiger charge is 2.25. The maximum absolute atomic E-state index is 12.3. The second kappa shape index (κ2) is 6.42. The van der Waals surface area contributed by atoms with Crippen molar-refractivity contribution in [2.75, 3.05) is 0 Å². The van der Waals surface area contributed by atoms with E-state index in [0.717, 1.165) is 36.9 Å². The minimum atomic E-state index is -0.642. The van der Waals surface area contributed by atoms with Crippen LogP contribution >= 0.6 is 0 Å². The number of dihydropyridines is 1. The van der Waals surface area contributed by atoms with E-state index >= 15 is 0 Å². The van der Waals surface area contributed by atoms with E-state index in [1.165, 1.54) is 6.21 Å². The fourth-order valence-electron chi connectivity index (χ4n) is 3.01. The number of allylic oxidation sites excluding steroid dienone is 1. The Hall–Kier alpha value is -3.10. The molecule has 1 atom stereocenters. The van der Waals surface area contributed by atoms with E-state index in [1.54, 1.807) is 12.2 Å². The lowest BCUT2D eigenvalue weighted by Crippen LogP contribution is -2.25. The Morgan fingerprint density at radius 2 is 2.24 bits per heavy atom. The summed E-state index contributed by atoms with van der Waals surface area (Å²) in [5, 5.41) is 13.6. The van der Waals surface area contributed by atoms with Gasteiger partial charge in [0.05, 0.1) is 6.54 Å². The van der Waals surface area contributed by atoms with Crippen LogP contribution in [0.5, 0.6) is 0 Å². The Morgan fingerprint density at radius 1 is 1.36 bits per heavy atom. The maximum Gasteiger partial charge on any atom is 0.272 e. The van der Waals surface area contributed by atoms with Gasteiger partial charge in [0.25, 0.3) is 11.8 Å². The number of H-pyrrole nitrogens is 1. The van der Waals surface area contributed by atoms with Crippen LogP contribution in [0.4, 0.5) is 0 Å². The molecular formula is C16H16N6O3. The molecule has 2 aromatic heterocycles. The van der Waals surface area contributed by atoms with E-state index in [1.807, 2.05) is 0 Å². The first-order valence-corrected chi connectivity index (χ1v) is 8.14. The molecule has 1 aliphatic carbocycles. The largest absolute Gasteiger partial charge is 0.342 e. The van der Waals surface area contributed by atoms with E-state index < -0.39 is 5.92 Å². The lowest BCUT2D eigenvalue weighted by Gasteiger charge is -2.10. The molecule has 0 aromatic carbocycles. The quantitative estimate of drug-likeness (QED) is 0.850. The summed E-state index contributed by atoms with van der Waals surface area (Å²) in [7, 11) is 0. The molecule has 2 N–H and O–H groups in total. The monoisotopic (exact) mass is 340 g/mol. The smallest absolute Gasteiger partial charge is 0.272 e. The second-order valence-corrected chi connectivity index (χ2v) is 5.94. The number of hydrogen-bond donors (Lipinski definition) is 2. The first-order chi connectivity index (χ1) is 12.2. The first-order valence-electron chi connectivity index (χ1n) is 8.14. The molecule has 0 fully saturated rings. The number of aromatic amines is 1. The Morgan fingerprint density at radius 3 is 3.12 bits per heavy atom. The highest BCUT2D eigenvalue weighted by Crippen LogP contribution is 2.22. The number of carbonyl (C=O) groups is 2. The lowest BCUT2D eigenvalue weighted by atomic mass is 9.96. The van der Waals surface area contributed by atoms with Crippen molar-refractivity contribution in [1.29, 1.82) is 0 Å². The van der Waals surface area contributed by atoms with E-state index in [9.17, 15) is 9.59 Å². The molecule has 0 radical (unpaired) electrons. The maximum atomic E-state index is 12.3. The van der Waals surface area contributed by atoms with Crippen molar-refractivity contribution in [2.24, 2.45) is 4.99 Å².